The highest BCUT2D eigenvalue weighted by molar-refractivity contribution is 7.22. The predicted octanol–water partition coefficient (Wildman–Crippen LogP) is 9.56. The zero-order chi connectivity index (χ0) is 36.6. The van der Waals surface area contributed by atoms with Gasteiger partial charge in [0.15, 0.2) is 25.5 Å². The van der Waals surface area contributed by atoms with Crippen LogP contribution in [0.3, 0.4) is 0 Å². The first-order valence-corrected chi connectivity index (χ1v) is 20.7. The van der Waals surface area contributed by atoms with Crippen LogP contribution in [0.1, 0.15) is 0 Å². The van der Waals surface area contributed by atoms with Crippen molar-refractivity contribution < 1.29 is 0 Å². The molecule has 10 rings (SSSR count). The lowest BCUT2D eigenvalue weighted by molar-refractivity contribution is 1.07. The summed E-state index contributed by atoms with van der Waals surface area (Å²) in [6.45, 7) is 0. The van der Waals surface area contributed by atoms with Crippen molar-refractivity contribution in [1.29, 1.82) is 0 Å². The Kier molecular flexibility index (Phi) is 8.16. The Balaban J connectivity index is 1.13. The Labute approximate surface area is 322 Å². The maximum Gasteiger partial charge on any atom is 0.181 e. The molecule has 0 aliphatic carbocycles. The van der Waals surface area contributed by atoms with Crippen LogP contribution in [-0.2, 0) is 0 Å². The minimum absolute atomic E-state index is 0.644. The zero-order valence-electron chi connectivity index (χ0n) is 30.0. The average molecular weight is 718 g/mol. The first kappa shape index (κ1) is 32.6. The summed E-state index contributed by atoms with van der Waals surface area (Å²) in [6, 6.07) is 76.2. The Morgan fingerprint density at radius 1 is 0.273 bits per heavy atom. The van der Waals surface area contributed by atoms with E-state index in [1.165, 1.54) is 43.0 Å². The smallest absolute Gasteiger partial charge is 0.181 e. The molecule has 0 spiro atoms. The van der Waals surface area contributed by atoms with E-state index in [0.29, 0.717) is 17.5 Å². The van der Waals surface area contributed by atoms with Gasteiger partial charge in [0.05, 0.1) is 0 Å². The van der Waals surface area contributed by atoms with Crippen molar-refractivity contribution in [3.8, 4) is 67.5 Å². The van der Waals surface area contributed by atoms with Gasteiger partial charge < -0.3 is 0 Å². The van der Waals surface area contributed by atoms with Crippen molar-refractivity contribution >= 4 is 28.8 Å². The molecule has 0 radical (unpaired) electrons. The van der Waals surface area contributed by atoms with E-state index in [4.69, 9.17) is 15.0 Å². The Hall–Kier alpha value is -7.01. The number of nitrogens with zero attached hydrogens (tertiary/aromatic N) is 3. The molecule has 9 aromatic rings. The van der Waals surface area contributed by atoms with Crippen molar-refractivity contribution in [3.05, 3.63) is 212 Å². The lowest BCUT2D eigenvalue weighted by Crippen LogP contribution is -2.73. The molecule has 55 heavy (non-hydrogen) atoms. The standard InChI is InChI=1S/C51H35N3Si/c1-5-18-36(19-6-1)49-52-50(37-20-7-2-8-21-37)54-51(53-49)41-25-16-23-39(35-41)38-22-15-24-40(34-38)44-31-17-32-46-45-30-13-14-33-47(45)55(48(44)46,42-26-9-3-10-27-42)43-28-11-4-12-29-43/h1-35H. The van der Waals surface area contributed by atoms with E-state index < -0.39 is 8.07 Å². The molecule has 258 valence electrons. The van der Waals surface area contributed by atoms with Crippen LogP contribution in [0, 0.1) is 0 Å². The third-order valence-electron chi connectivity index (χ3n) is 10.8. The fourth-order valence-electron chi connectivity index (χ4n) is 8.39. The molecule has 1 aliphatic rings. The van der Waals surface area contributed by atoms with Crippen molar-refractivity contribution in [2.24, 2.45) is 0 Å². The quantitative estimate of drug-likeness (QED) is 0.154. The summed E-state index contributed by atoms with van der Waals surface area (Å²) in [5.41, 5.74) is 10.2. The van der Waals surface area contributed by atoms with Gasteiger partial charge in [-0.25, -0.2) is 15.0 Å². The van der Waals surface area contributed by atoms with Gasteiger partial charge in [-0.2, -0.15) is 0 Å². The summed E-state index contributed by atoms with van der Waals surface area (Å²) in [4.78, 5) is 14.9. The summed E-state index contributed by atoms with van der Waals surface area (Å²) in [5.74, 6) is 1.95. The molecular weight excluding hydrogens is 683 g/mol. The summed E-state index contributed by atoms with van der Waals surface area (Å²) < 4.78 is 0. The van der Waals surface area contributed by atoms with Crippen LogP contribution in [0.5, 0.6) is 0 Å². The Morgan fingerprint density at radius 3 is 1.24 bits per heavy atom. The van der Waals surface area contributed by atoms with Crippen LogP contribution in [-0.4, -0.2) is 23.0 Å². The maximum atomic E-state index is 5.01. The van der Waals surface area contributed by atoms with Crippen molar-refractivity contribution in [2.75, 3.05) is 0 Å². The molecule has 2 heterocycles. The second kappa shape index (κ2) is 13.8. The largest absolute Gasteiger partial charge is 0.208 e. The molecule has 0 bridgehead atoms. The summed E-state index contributed by atoms with van der Waals surface area (Å²) in [6.07, 6.45) is 0. The van der Waals surface area contributed by atoms with E-state index in [0.717, 1.165) is 27.8 Å². The number of rotatable bonds is 7. The molecule has 0 atom stereocenters. The average Bonchev–Trinajstić information content (AvgIpc) is 3.59. The van der Waals surface area contributed by atoms with Crippen molar-refractivity contribution in [2.45, 2.75) is 0 Å². The molecule has 1 aromatic heterocycles. The van der Waals surface area contributed by atoms with Crippen molar-refractivity contribution in [3.63, 3.8) is 0 Å². The lowest BCUT2D eigenvalue weighted by Gasteiger charge is -2.33. The highest BCUT2D eigenvalue weighted by atomic mass is 28.3. The topological polar surface area (TPSA) is 38.7 Å². The number of hydrogen-bond acceptors (Lipinski definition) is 3. The number of fused-ring (bicyclic) bond motifs is 3. The number of benzene rings is 8. The van der Waals surface area contributed by atoms with Gasteiger partial charge in [-0.05, 0) is 66.3 Å². The van der Waals surface area contributed by atoms with E-state index in [1.807, 2.05) is 60.7 Å². The van der Waals surface area contributed by atoms with Gasteiger partial charge in [-0.15, -0.1) is 0 Å². The van der Waals surface area contributed by atoms with E-state index >= 15 is 0 Å². The first-order valence-electron chi connectivity index (χ1n) is 18.7. The molecule has 3 nitrogen and oxygen atoms in total. The van der Waals surface area contributed by atoms with Crippen molar-refractivity contribution in [1.82, 2.24) is 15.0 Å². The fraction of sp³-hybridized carbons (Fsp3) is 0. The summed E-state index contributed by atoms with van der Waals surface area (Å²) >= 11 is 0. The first-order chi connectivity index (χ1) is 27.3. The molecule has 0 unspecified atom stereocenters. The Morgan fingerprint density at radius 2 is 0.655 bits per heavy atom. The van der Waals surface area contributed by atoms with E-state index in [2.05, 4.69) is 152 Å². The SMILES string of the molecule is c1ccc(-c2nc(-c3ccccc3)nc(-c3cccc(-c4cccc(-c5cccc6c5[Si](c5ccccc5)(c5ccccc5)c5ccccc5-6)c4)c3)n2)cc1. The molecule has 0 saturated heterocycles. The van der Waals surface area contributed by atoms with Gasteiger partial charge in [-0.1, -0.05) is 200 Å². The third-order valence-corrected chi connectivity index (χ3v) is 15.7. The molecule has 0 N–H and O–H groups in total. The molecule has 1 aliphatic heterocycles. The monoisotopic (exact) mass is 717 g/mol. The molecule has 0 fully saturated rings. The van der Waals surface area contributed by atoms with Gasteiger partial charge in [0.25, 0.3) is 0 Å². The van der Waals surface area contributed by atoms with Crippen LogP contribution >= 0.6 is 0 Å². The summed E-state index contributed by atoms with van der Waals surface area (Å²) in [5, 5.41) is 5.68. The van der Waals surface area contributed by atoms with Gasteiger partial charge >= 0.3 is 0 Å². The van der Waals surface area contributed by atoms with Crippen LogP contribution in [0.2, 0.25) is 0 Å². The third kappa shape index (κ3) is 5.63. The molecule has 8 aromatic carbocycles. The minimum atomic E-state index is -2.69. The van der Waals surface area contributed by atoms with Gasteiger partial charge in [0.1, 0.15) is 0 Å². The highest BCUT2D eigenvalue weighted by Crippen LogP contribution is 2.36. The fourth-order valence-corrected chi connectivity index (χ4v) is 13.8. The van der Waals surface area contributed by atoms with Crippen LogP contribution in [0.4, 0.5) is 0 Å². The molecule has 0 amide bonds. The van der Waals surface area contributed by atoms with Crippen LogP contribution < -0.4 is 20.7 Å². The molecule has 4 heteroatoms. The van der Waals surface area contributed by atoms with E-state index in [-0.39, 0.29) is 0 Å². The molecule has 0 saturated carbocycles. The zero-order valence-corrected chi connectivity index (χ0v) is 31.0. The molecular formula is C51H35N3Si. The lowest BCUT2D eigenvalue weighted by atomic mass is 9.95. The van der Waals surface area contributed by atoms with Gasteiger partial charge in [0.2, 0.25) is 0 Å². The van der Waals surface area contributed by atoms with Gasteiger partial charge in [-0.3, -0.25) is 0 Å². The normalized spacial score (nSPS) is 12.5. The maximum absolute atomic E-state index is 5.01. The highest BCUT2D eigenvalue weighted by Gasteiger charge is 2.49. The van der Waals surface area contributed by atoms with E-state index in [9.17, 15) is 0 Å². The predicted molar refractivity (Wildman–Crippen MR) is 230 cm³/mol. The second-order valence-electron chi connectivity index (χ2n) is 14.0. The second-order valence-corrected chi connectivity index (χ2v) is 17.6. The van der Waals surface area contributed by atoms with Gasteiger partial charge in [0, 0.05) is 16.7 Å². The minimum Gasteiger partial charge on any atom is -0.208 e. The van der Waals surface area contributed by atoms with E-state index in [1.54, 1.807) is 0 Å². The summed E-state index contributed by atoms with van der Waals surface area (Å²) in [7, 11) is -2.69. The number of aromatic nitrogens is 3. The Bertz CT molecular complexity index is 2710. The van der Waals surface area contributed by atoms with Crippen LogP contribution in [0.25, 0.3) is 67.5 Å². The van der Waals surface area contributed by atoms with Crippen LogP contribution in [0.15, 0.2) is 212 Å². The number of hydrogen-bond donors (Lipinski definition) is 0.